The summed E-state index contributed by atoms with van der Waals surface area (Å²) in [4.78, 5) is 0. The lowest BCUT2D eigenvalue weighted by molar-refractivity contribution is 1.75. The standard InChI is InChI=1S/C20H12Br2/c21-19-5-1-13-9-17(10-14(13)2-6-19)18-11-15-3-7-20(22)8-4-16(15)12-18/h1-12H. The largest absolute Gasteiger partial charge is 0.0532 e. The molecule has 0 atom stereocenters. The molecule has 0 radical (unpaired) electrons. The molecule has 106 valence electrons. The summed E-state index contributed by atoms with van der Waals surface area (Å²) < 4.78 is 2.20. The molecule has 0 fully saturated rings. The zero-order chi connectivity index (χ0) is 15.1. The van der Waals surface area contributed by atoms with Gasteiger partial charge in [0.05, 0.1) is 0 Å². The number of rotatable bonds is 1. The summed E-state index contributed by atoms with van der Waals surface area (Å²) in [5.41, 5.74) is 7.60. The van der Waals surface area contributed by atoms with E-state index in [-0.39, 0.29) is 0 Å². The van der Waals surface area contributed by atoms with Crippen molar-refractivity contribution in [1.29, 1.82) is 0 Å². The summed E-state index contributed by atoms with van der Waals surface area (Å²) in [5.74, 6) is 0. The van der Waals surface area contributed by atoms with Gasteiger partial charge in [-0.3, -0.25) is 0 Å². The van der Waals surface area contributed by atoms with E-state index >= 15 is 0 Å². The molecule has 0 spiro atoms. The third-order valence-electron chi connectivity index (χ3n) is 3.93. The average Bonchev–Trinajstić information content (AvgIpc) is 3.01. The maximum absolute atomic E-state index is 3.52. The Balaban J connectivity index is 1.86. The predicted molar refractivity (Wildman–Crippen MR) is 101 cm³/mol. The highest BCUT2D eigenvalue weighted by Gasteiger charge is 2.11. The second-order valence-electron chi connectivity index (χ2n) is 5.41. The molecular formula is C20H12Br2. The van der Waals surface area contributed by atoms with Gasteiger partial charge in [0.15, 0.2) is 0 Å². The van der Waals surface area contributed by atoms with Crippen LogP contribution < -0.4 is 0 Å². The number of halogens is 2. The van der Waals surface area contributed by atoms with Gasteiger partial charge in [0.25, 0.3) is 0 Å². The molecular weight excluding hydrogens is 400 g/mol. The van der Waals surface area contributed by atoms with Gasteiger partial charge in [0, 0.05) is 8.95 Å². The number of hydrogen-bond donors (Lipinski definition) is 0. The lowest BCUT2D eigenvalue weighted by atomic mass is 10.2. The normalized spacial score (nSPS) is 11.2. The highest BCUT2D eigenvalue weighted by Crippen LogP contribution is 2.37. The molecule has 0 aliphatic heterocycles. The molecule has 0 N–H and O–H groups in total. The second kappa shape index (κ2) is 5.53. The maximum atomic E-state index is 3.52. The number of fused-ring (bicyclic) bond motifs is 2. The summed E-state index contributed by atoms with van der Waals surface area (Å²) in [7, 11) is 0. The summed E-state index contributed by atoms with van der Waals surface area (Å²) >= 11 is 7.04. The number of hydrogen-bond acceptors (Lipinski definition) is 0. The van der Waals surface area contributed by atoms with Gasteiger partial charge in [-0.05, 0) is 81.9 Å². The van der Waals surface area contributed by atoms with E-state index in [4.69, 9.17) is 0 Å². The molecule has 0 unspecified atom stereocenters. The van der Waals surface area contributed by atoms with Crippen molar-refractivity contribution in [3.05, 3.63) is 81.7 Å². The Bertz CT molecular complexity index is 767. The van der Waals surface area contributed by atoms with Crippen molar-refractivity contribution < 1.29 is 0 Å². The van der Waals surface area contributed by atoms with Crippen molar-refractivity contribution in [2.75, 3.05) is 0 Å². The van der Waals surface area contributed by atoms with Gasteiger partial charge < -0.3 is 0 Å². The Morgan fingerprint density at radius 1 is 0.364 bits per heavy atom. The Labute approximate surface area is 146 Å². The van der Waals surface area contributed by atoms with Crippen LogP contribution in [0.15, 0.2) is 81.7 Å². The fraction of sp³-hybridized carbons (Fsp3) is 0. The maximum Gasteiger partial charge on any atom is 0.0175 e. The predicted octanol–water partition coefficient (Wildman–Crippen LogP) is 7.09. The Kier molecular flexibility index (Phi) is 3.51. The van der Waals surface area contributed by atoms with E-state index < -0.39 is 0 Å². The van der Waals surface area contributed by atoms with Crippen LogP contribution in [0.5, 0.6) is 0 Å². The van der Waals surface area contributed by atoms with E-state index in [2.05, 4.69) is 105 Å². The van der Waals surface area contributed by atoms with Crippen molar-refractivity contribution >= 4 is 31.9 Å². The van der Waals surface area contributed by atoms with Crippen LogP contribution in [0.4, 0.5) is 0 Å². The highest BCUT2D eigenvalue weighted by molar-refractivity contribution is 9.10. The quantitative estimate of drug-likeness (QED) is 0.313. The fourth-order valence-corrected chi connectivity index (χ4v) is 3.31. The molecule has 0 heterocycles. The van der Waals surface area contributed by atoms with Crippen LogP contribution in [0.2, 0.25) is 0 Å². The van der Waals surface area contributed by atoms with Crippen molar-refractivity contribution in [3.63, 3.8) is 0 Å². The molecule has 0 bridgehead atoms. The zero-order valence-corrected chi connectivity index (χ0v) is 14.9. The molecule has 0 nitrogen and oxygen atoms in total. The molecule has 0 saturated carbocycles. The van der Waals surface area contributed by atoms with Crippen molar-refractivity contribution in [2.45, 2.75) is 0 Å². The van der Waals surface area contributed by atoms with Crippen LogP contribution in [-0.2, 0) is 0 Å². The van der Waals surface area contributed by atoms with Crippen LogP contribution >= 0.6 is 31.9 Å². The lowest BCUT2D eigenvalue weighted by Gasteiger charge is -1.88. The highest BCUT2D eigenvalue weighted by atomic mass is 79.9. The third kappa shape index (κ3) is 2.57. The summed E-state index contributed by atoms with van der Waals surface area (Å²) in [6.07, 6.45) is 0. The van der Waals surface area contributed by atoms with E-state index in [1.54, 1.807) is 0 Å². The van der Waals surface area contributed by atoms with E-state index in [9.17, 15) is 0 Å². The minimum atomic E-state index is 1.10. The van der Waals surface area contributed by atoms with Crippen LogP contribution in [0.25, 0.3) is 33.4 Å². The van der Waals surface area contributed by atoms with Gasteiger partial charge in [-0.2, -0.15) is 0 Å². The smallest absolute Gasteiger partial charge is 0.0175 e. The monoisotopic (exact) mass is 410 g/mol. The molecule has 0 aromatic carbocycles. The Morgan fingerprint density at radius 3 is 0.909 bits per heavy atom. The van der Waals surface area contributed by atoms with Crippen molar-refractivity contribution in [3.8, 4) is 33.4 Å². The first kappa shape index (κ1) is 14.0. The fourth-order valence-electron chi connectivity index (χ4n) is 2.79. The van der Waals surface area contributed by atoms with Crippen LogP contribution in [0.3, 0.4) is 0 Å². The average molecular weight is 412 g/mol. The summed E-state index contributed by atoms with van der Waals surface area (Å²) in [6.45, 7) is 0. The molecule has 2 heteroatoms. The third-order valence-corrected chi connectivity index (χ3v) is 4.99. The molecule has 0 amide bonds. The van der Waals surface area contributed by atoms with Gasteiger partial charge in [-0.25, -0.2) is 0 Å². The van der Waals surface area contributed by atoms with Crippen LogP contribution in [0.1, 0.15) is 0 Å². The van der Waals surface area contributed by atoms with Crippen LogP contribution in [0, 0.1) is 0 Å². The zero-order valence-electron chi connectivity index (χ0n) is 11.7. The molecule has 4 aliphatic rings. The van der Waals surface area contributed by atoms with E-state index in [1.165, 1.54) is 33.4 Å². The molecule has 0 aromatic rings. The SMILES string of the molecule is Brc1ccc2cc(-c3cc4ccc(Br)ccc-4c3)cc-2cc1. The van der Waals surface area contributed by atoms with Crippen molar-refractivity contribution in [2.24, 2.45) is 0 Å². The Morgan fingerprint density at radius 2 is 0.636 bits per heavy atom. The van der Waals surface area contributed by atoms with Gasteiger partial charge in [0.1, 0.15) is 0 Å². The second-order valence-corrected chi connectivity index (χ2v) is 7.24. The summed E-state index contributed by atoms with van der Waals surface area (Å²) in [6, 6.07) is 26.0. The molecule has 0 saturated heterocycles. The van der Waals surface area contributed by atoms with Gasteiger partial charge in [-0.15, -0.1) is 0 Å². The Hall–Kier alpha value is -1.64. The molecule has 22 heavy (non-hydrogen) atoms. The first-order chi connectivity index (χ1) is 10.7. The van der Waals surface area contributed by atoms with E-state index in [1.807, 2.05) is 0 Å². The van der Waals surface area contributed by atoms with Gasteiger partial charge in [0.2, 0.25) is 0 Å². The molecule has 4 rings (SSSR count). The minimum absolute atomic E-state index is 1.10. The minimum Gasteiger partial charge on any atom is -0.0532 e. The topological polar surface area (TPSA) is 0 Å². The first-order valence-electron chi connectivity index (χ1n) is 7.08. The summed E-state index contributed by atoms with van der Waals surface area (Å²) in [5, 5.41) is 0. The van der Waals surface area contributed by atoms with Crippen molar-refractivity contribution in [1.82, 2.24) is 0 Å². The van der Waals surface area contributed by atoms with Crippen LogP contribution in [-0.4, -0.2) is 0 Å². The molecule has 0 aromatic heterocycles. The first-order valence-corrected chi connectivity index (χ1v) is 8.67. The van der Waals surface area contributed by atoms with E-state index in [0.717, 1.165) is 8.95 Å². The van der Waals surface area contributed by atoms with Gasteiger partial charge in [-0.1, -0.05) is 56.1 Å². The van der Waals surface area contributed by atoms with E-state index in [0.29, 0.717) is 0 Å². The van der Waals surface area contributed by atoms with Gasteiger partial charge >= 0.3 is 0 Å². The molecule has 4 aliphatic carbocycles. The lowest BCUT2D eigenvalue weighted by Crippen LogP contribution is -1.63.